The van der Waals surface area contributed by atoms with Crippen molar-refractivity contribution in [1.82, 2.24) is 24.9 Å². The lowest BCUT2D eigenvalue weighted by molar-refractivity contribution is 0.204. The van der Waals surface area contributed by atoms with E-state index in [4.69, 9.17) is 9.72 Å². The minimum atomic E-state index is 0.0975. The monoisotopic (exact) mass is 434 g/mol. The SMILES string of the molecule is CC(C)c1cnn2c(NCc3ccccc3-c3cccs3)nc(O[C@@H]3CCNC3)nc12. The van der Waals surface area contributed by atoms with Crippen molar-refractivity contribution in [2.45, 2.75) is 38.8 Å². The maximum atomic E-state index is 6.10. The predicted molar refractivity (Wildman–Crippen MR) is 124 cm³/mol. The van der Waals surface area contributed by atoms with Gasteiger partial charge in [-0.05, 0) is 41.5 Å². The third kappa shape index (κ3) is 4.13. The van der Waals surface area contributed by atoms with E-state index in [-0.39, 0.29) is 6.10 Å². The first kappa shape index (κ1) is 20.0. The summed E-state index contributed by atoms with van der Waals surface area (Å²) in [6, 6.07) is 13.1. The fourth-order valence-corrected chi connectivity index (χ4v) is 4.64. The fraction of sp³-hybridized carbons (Fsp3) is 0.348. The summed E-state index contributed by atoms with van der Waals surface area (Å²) in [5.74, 6) is 0.944. The summed E-state index contributed by atoms with van der Waals surface area (Å²) in [4.78, 5) is 10.6. The van der Waals surface area contributed by atoms with Crippen molar-refractivity contribution in [3.05, 3.63) is 59.1 Å². The number of rotatable bonds is 7. The third-order valence-corrected chi connectivity index (χ3v) is 6.43. The van der Waals surface area contributed by atoms with Crippen LogP contribution in [0.2, 0.25) is 0 Å². The van der Waals surface area contributed by atoms with Crippen LogP contribution in [0, 0.1) is 0 Å². The molecule has 4 heterocycles. The molecule has 1 aromatic carbocycles. The summed E-state index contributed by atoms with van der Waals surface area (Å²) < 4.78 is 7.88. The van der Waals surface area contributed by atoms with Crippen molar-refractivity contribution >= 4 is 22.9 Å². The summed E-state index contributed by atoms with van der Waals surface area (Å²) in [6.45, 7) is 6.69. The van der Waals surface area contributed by atoms with Crippen LogP contribution in [0.15, 0.2) is 48.0 Å². The molecule has 0 amide bonds. The van der Waals surface area contributed by atoms with Crippen molar-refractivity contribution in [2.75, 3.05) is 18.4 Å². The van der Waals surface area contributed by atoms with Gasteiger partial charge in [0.25, 0.3) is 0 Å². The molecule has 0 unspecified atom stereocenters. The van der Waals surface area contributed by atoms with E-state index in [1.807, 2.05) is 6.20 Å². The zero-order valence-electron chi connectivity index (χ0n) is 17.7. The second-order valence-electron chi connectivity index (χ2n) is 8.04. The van der Waals surface area contributed by atoms with Crippen molar-refractivity contribution in [2.24, 2.45) is 0 Å². The van der Waals surface area contributed by atoms with Gasteiger partial charge < -0.3 is 15.4 Å². The molecule has 1 aliphatic rings. The molecule has 160 valence electrons. The molecular weight excluding hydrogens is 408 g/mol. The maximum absolute atomic E-state index is 6.10. The highest BCUT2D eigenvalue weighted by Crippen LogP contribution is 2.29. The molecule has 2 N–H and O–H groups in total. The average Bonchev–Trinajstić information content (AvgIpc) is 3.53. The Kier molecular flexibility index (Phi) is 5.57. The largest absolute Gasteiger partial charge is 0.459 e. The number of nitrogens with zero attached hydrogens (tertiary/aromatic N) is 4. The van der Waals surface area contributed by atoms with Crippen molar-refractivity contribution in [3.63, 3.8) is 0 Å². The number of aromatic nitrogens is 4. The van der Waals surface area contributed by atoms with Gasteiger partial charge in [-0.1, -0.05) is 44.2 Å². The molecule has 31 heavy (non-hydrogen) atoms. The number of benzene rings is 1. The quantitative estimate of drug-likeness (QED) is 0.451. The second-order valence-corrected chi connectivity index (χ2v) is 8.99. The summed E-state index contributed by atoms with van der Waals surface area (Å²) in [6.07, 6.45) is 2.93. The Morgan fingerprint density at radius 3 is 2.90 bits per heavy atom. The Labute approximate surface area is 185 Å². The van der Waals surface area contributed by atoms with E-state index in [2.05, 4.69) is 76.3 Å². The lowest BCUT2D eigenvalue weighted by atomic mass is 10.1. The Balaban J connectivity index is 1.48. The maximum Gasteiger partial charge on any atom is 0.322 e. The molecule has 1 aliphatic heterocycles. The summed E-state index contributed by atoms with van der Waals surface area (Å²) in [7, 11) is 0. The molecule has 1 fully saturated rings. The van der Waals surface area contributed by atoms with Gasteiger partial charge in [-0.25, -0.2) is 0 Å². The first-order valence-electron chi connectivity index (χ1n) is 10.7. The topological polar surface area (TPSA) is 76.4 Å². The van der Waals surface area contributed by atoms with Crippen LogP contribution in [0.25, 0.3) is 16.1 Å². The highest BCUT2D eigenvalue weighted by molar-refractivity contribution is 7.13. The van der Waals surface area contributed by atoms with Crippen LogP contribution in [0.1, 0.15) is 37.3 Å². The highest BCUT2D eigenvalue weighted by atomic mass is 32.1. The van der Waals surface area contributed by atoms with Crippen molar-refractivity contribution < 1.29 is 4.74 Å². The van der Waals surface area contributed by atoms with Gasteiger partial charge in [0.15, 0.2) is 5.65 Å². The van der Waals surface area contributed by atoms with E-state index in [1.165, 1.54) is 16.0 Å². The van der Waals surface area contributed by atoms with E-state index < -0.39 is 0 Å². The van der Waals surface area contributed by atoms with E-state index in [0.717, 1.165) is 30.7 Å². The van der Waals surface area contributed by atoms with Crippen molar-refractivity contribution in [3.8, 4) is 16.5 Å². The van der Waals surface area contributed by atoms with Crippen LogP contribution in [-0.4, -0.2) is 38.8 Å². The molecule has 0 radical (unpaired) electrons. The van der Waals surface area contributed by atoms with E-state index in [1.54, 1.807) is 15.9 Å². The van der Waals surface area contributed by atoms with Crippen LogP contribution >= 0.6 is 11.3 Å². The normalized spacial score (nSPS) is 16.3. The number of hydrogen-bond donors (Lipinski definition) is 2. The molecular formula is C23H26N6OS. The molecule has 3 aromatic heterocycles. The zero-order chi connectivity index (χ0) is 21.2. The smallest absolute Gasteiger partial charge is 0.322 e. The van der Waals surface area contributed by atoms with Gasteiger partial charge in [0.1, 0.15) is 6.10 Å². The minimum absolute atomic E-state index is 0.0975. The third-order valence-electron chi connectivity index (χ3n) is 5.52. The summed E-state index contributed by atoms with van der Waals surface area (Å²) in [5.41, 5.74) is 4.31. The fourth-order valence-electron chi connectivity index (χ4n) is 3.85. The van der Waals surface area contributed by atoms with Crippen molar-refractivity contribution in [1.29, 1.82) is 0 Å². The lowest BCUT2D eigenvalue weighted by Crippen LogP contribution is -2.21. The van der Waals surface area contributed by atoms with Gasteiger partial charge in [0.05, 0.1) is 6.20 Å². The van der Waals surface area contributed by atoms with Gasteiger partial charge in [-0.15, -0.1) is 11.3 Å². The van der Waals surface area contributed by atoms with Crippen LogP contribution in [0.5, 0.6) is 6.01 Å². The number of fused-ring (bicyclic) bond motifs is 1. The van der Waals surface area contributed by atoms with E-state index in [0.29, 0.717) is 24.4 Å². The van der Waals surface area contributed by atoms with Crippen LogP contribution in [-0.2, 0) is 6.54 Å². The molecule has 7 nitrogen and oxygen atoms in total. The predicted octanol–water partition coefficient (Wildman–Crippen LogP) is 4.33. The Morgan fingerprint density at radius 1 is 1.23 bits per heavy atom. The average molecular weight is 435 g/mol. The molecule has 5 rings (SSSR count). The molecule has 0 bridgehead atoms. The molecule has 1 saturated heterocycles. The van der Waals surface area contributed by atoms with E-state index >= 15 is 0 Å². The molecule has 1 atom stereocenters. The standard InChI is InChI=1S/C23H26N6OS/c1-15(2)19-14-26-29-21(19)27-23(30-17-9-10-24-13-17)28-22(29)25-12-16-6-3-4-7-18(16)20-8-5-11-31-20/h3-8,11,14-15,17,24H,9-10,12-13H2,1-2H3,(H,25,27,28)/t17-/m1/s1. The molecule has 0 aliphatic carbocycles. The second kappa shape index (κ2) is 8.64. The van der Waals surface area contributed by atoms with Gasteiger partial charge in [-0.3, -0.25) is 0 Å². The van der Waals surface area contributed by atoms with Gasteiger partial charge in [0.2, 0.25) is 5.95 Å². The first-order chi connectivity index (χ1) is 15.2. The highest BCUT2D eigenvalue weighted by Gasteiger charge is 2.21. The minimum Gasteiger partial charge on any atom is -0.459 e. The zero-order valence-corrected chi connectivity index (χ0v) is 18.5. The summed E-state index contributed by atoms with van der Waals surface area (Å²) in [5, 5.41) is 13.5. The number of ether oxygens (including phenoxy) is 1. The number of nitrogens with one attached hydrogen (secondary N) is 2. The van der Waals surface area contributed by atoms with Gasteiger partial charge in [-0.2, -0.15) is 19.6 Å². The van der Waals surface area contributed by atoms with Gasteiger partial charge in [0, 0.05) is 23.5 Å². The van der Waals surface area contributed by atoms with Crippen LogP contribution in [0.3, 0.4) is 0 Å². The number of thiophene rings is 1. The van der Waals surface area contributed by atoms with E-state index in [9.17, 15) is 0 Å². The lowest BCUT2D eigenvalue weighted by Gasteiger charge is -2.14. The van der Waals surface area contributed by atoms with Crippen LogP contribution in [0.4, 0.5) is 5.95 Å². The number of anilines is 1. The molecule has 8 heteroatoms. The summed E-state index contributed by atoms with van der Waals surface area (Å²) >= 11 is 1.74. The first-order valence-corrected chi connectivity index (χ1v) is 11.6. The number of hydrogen-bond acceptors (Lipinski definition) is 7. The van der Waals surface area contributed by atoms with Gasteiger partial charge >= 0.3 is 6.01 Å². The van der Waals surface area contributed by atoms with Crippen LogP contribution < -0.4 is 15.4 Å². The molecule has 0 spiro atoms. The Bertz CT molecular complexity index is 1160. The Morgan fingerprint density at radius 2 is 2.13 bits per heavy atom. The Hall–Kier alpha value is -2.97. The molecule has 0 saturated carbocycles. The molecule has 4 aromatic rings.